The fourth-order valence-electron chi connectivity index (χ4n) is 2.04. The summed E-state index contributed by atoms with van der Waals surface area (Å²) in [5.41, 5.74) is 3.02. The molecular formula is C17H22N2OS. The molecule has 0 fully saturated rings. The molecule has 4 heteroatoms. The minimum Gasteiger partial charge on any atom is -0.292 e. The summed E-state index contributed by atoms with van der Waals surface area (Å²) in [6.07, 6.45) is 2.04. The number of benzene rings is 1. The zero-order chi connectivity index (χ0) is 15.8. The minimum atomic E-state index is -0.460. The number of amides is 1. The molecule has 1 amide bonds. The van der Waals surface area contributed by atoms with E-state index in [1.54, 1.807) is 11.3 Å². The van der Waals surface area contributed by atoms with E-state index in [1.807, 2.05) is 38.5 Å². The summed E-state index contributed by atoms with van der Waals surface area (Å²) in [7, 11) is 0. The summed E-state index contributed by atoms with van der Waals surface area (Å²) in [6.45, 7) is 11.9. The molecular weight excluding hydrogens is 280 g/mol. The molecule has 1 aromatic carbocycles. The number of thiazole rings is 1. The number of aromatic nitrogens is 1. The summed E-state index contributed by atoms with van der Waals surface area (Å²) in [6, 6.07) is 6.31. The number of carbonyl (C=O) groups excluding carboxylic acids is 1. The molecule has 0 atom stereocenters. The Morgan fingerprint density at radius 1 is 1.19 bits per heavy atom. The lowest BCUT2D eigenvalue weighted by atomic mass is 9.96. The maximum Gasteiger partial charge on any atom is 0.253 e. The Hall–Kier alpha value is -1.68. The van der Waals surface area contributed by atoms with Crippen molar-refractivity contribution >= 4 is 17.2 Å². The van der Waals surface area contributed by atoms with E-state index in [-0.39, 0.29) is 5.91 Å². The van der Waals surface area contributed by atoms with Crippen LogP contribution in [0.1, 0.15) is 36.8 Å². The molecule has 0 aliphatic carbocycles. The largest absolute Gasteiger partial charge is 0.292 e. The van der Waals surface area contributed by atoms with Gasteiger partial charge in [-0.1, -0.05) is 38.5 Å². The molecule has 0 spiro atoms. The van der Waals surface area contributed by atoms with Crippen molar-refractivity contribution in [2.45, 2.75) is 41.5 Å². The lowest BCUT2D eigenvalue weighted by Crippen LogP contribution is -2.23. The van der Waals surface area contributed by atoms with Crippen LogP contribution in [0.3, 0.4) is 0 Å². The topological polar surface area (TPSA) is 34.4 Å². The average Bonchev–Trinajstić information content (AvgIpc) is 2.69. The normalized spacial score (nSPS) is 12.8. The van der Waals surface area contributed by atoms with E-state index in [0.29, 0.717) is 0 Å². The molecule has 0 N–H and O–H groups in total. The highest BCUT2D eigenvalue weighted by molar-refractivity contribution is 7.09. The van der Waals surface area contributed by atoms with Crippen LogP contribution in [0.4, 0.5) is 0 Å². The standard InChI is InChI=1S/C17H22N2OS/c1-11-7-8-14(12(2)9-11)19-10-13(3)21-16(19)18-15(20)17(4,5)6/h7-10H,1-6H3. The van der Waals surface area contributed by atoms with E-state index in [2.05, 4.69) is 37.0 Å². The summed E-state index contributed by atoms with van der Waals surface area (Å²) >= 11 is 1.54. The molecule has 2 aromatic rings. The molecule has 0 bridgehead atoms. The number of hydrogen-bond donors (Lipinski definition) is 0. The highest BCUT2D eigenvalue weighted by atomic mass is 32.1. The Morgan fingerprint density at radius 3 is 2.43 bits per heavy atom. The molecule has 2 rings (SSSR count). The van der Waals surface area contributed by atoms with E-state index in [4.69, 9.17) is 0 Å². The Balaban J connectivity index is 2.61. The molecule has 1 heterocycles. The third-order valence-electron chi connectivity index (χ3n) is 3.22. The van der Waals surface area contributed by atoms with Gasteiger partial charge in [0.15, 0.2) is 4.80 Å². The van der Waals surface area contributed by atoms with Crippen LogP contribution in [0, 0.1) is 26.2 Å². The third-order valence-corrected chi connectivity index (χ3v) is 4.12. The van der Waals surface area contributed by atoms with Crippen LogP contribution in [0.15, 0.2) is 29.4 Å². The maximum absolute atomic E-state index is 12.2. The Bertz CT molecular complexity index is 745. The fraction of sp³-hybridized carbons (Fsp3) is 0.412. The van der Waals surface area contributed by atoms with E-state index < -0.39 is 5.41 Å². The van der Waals surface area contributed by atoms with Gasteiger partial charge in [-0.15, -0.1) is 11.3 Å². The monoisotopic (exact) mass is 302 g/mol. The predicted molar refractivity (Wildman–Crippen MR) is 87.9 cm³/mol. The Kier molecular flexibility index (Phi) is 4.19. The fourth-order valence-corrected chi connectivity index (χ4v) is 2.86. The van der Waals surface area contributed by atoms with Crippen LogP contribution in [0.5, 0.6) is 0 Å². The van der Waals surface area contributed by atoms with Crippen molar-refractivity contribution in [1.29, 1.82) is 0 Å². The molecule has 0 radical (unpaired) electrons. The number of rotatable bonds is 1. The second kappa shape index (κ2) is 5.60. The quantitative estimate of drug-likeness (QED) is 0.785. The van der Waals surface area contributed by atoms with Crippen LogP contribution < -0.4 is 4.80 Å². The van der Waals surface area contributed by atoms with Gasteiger partial charge in [0.25, 0.3) is 5.91 Å². The van der Waals surface area contributed by atoms with Crippen molar-refractivity contribution in [2.75, 3.05) is 0 Å². The molecule has 0 aliphatic rings. The number of hydrogen-bond acceptors (Lipinski definition) is 2. The first-order valence-electron chi connectivity index (χ1n) is 7.04. The molecule has 112 valence electrons. The van der Waals surface area contributed by atoms with Gasteiger partial charge in [-0.25, -0.2) is 0 Å². The lowest BCUT2D eigenvalue weighted by molar-refractivity contribution is -0.125. The summed E-state index contributed by atoms with van der Waals surface area (Å²) in [5.74, 6) is -0.0946. The van der Waals surface area contributed by atoms with E-state index >= 15 is 0 Å². The van der Waals surface area contributed by atoms with Gasteiger partial charge in [-0.3, -0.25) is 9.36 Å². The second-order valence-corrected chi connectivity index (χ2v) is 7.66. The molecule has 3 nitrogen and oxygen atoms in total. The summed E-state index contributed by atoms with van der Waals surface area (Å²) in [4.78, 5) is 18.4. The highest BCUT2D eigenvalue weighted by Gasteiger charge is 2.21. The summed E-state index contributed by atoms with van der Waals surface area (Å²) in [5, 5.41) is 0. The predicted octanol–water partition coefficient (Wildman–Crippen LogP) is 3.94. The number of nitrogens with zero attached hydrogens (tertiary/aromatic N) is 2. The van der Waals surface area contributed by atoms with Gasteiger partial charge in [-0.05, 0) is 32.4 Å². The van der Waals surface area contributed by atoms with Gasteiger partial charge in [-0.2, -0.15) is 4.99 Å². The van der Waals surface area contributed by atoms with Crippen molar-refractivity contribution < 1.29 is 4.79 Å². The second-order valence-electron chi connectivity index (χ2n) is 6.45. The van der Waals surface area contributed by atoms with Crippen molar-refractivity contribution in [1.82, 2.24) is 4.57 Å². The van der Waals surface area contributed by atoms with Crippen molar-refractivity contribution in [2.24, 2.45) is 10.4 Å². The maximum atomic E-state index is 12.2. The first kappa shape index (κ1) is 15.7. The molecule has 21 heavy (non-hydrogen) atoms. The SMILES string of the molecule is Cc1ccc(-n2cc(C)sc2=NC(=O)C(C)(C)C)c(C)c1. The minimum absolute atomic E-state index is 0.0946. The molecule has 1 aromatic heterocycles. The summed E-state index contributed by atoms with van der Waals surface area (Å²) < 4.78 is 2.01. The van der Waals surface area contributed by atoms with Gasteiger partial charge in [0.1, 0.15) is 0 Å². The van der Waals surface area contributed by atoms with Crippen molar-refractivity contribution in [3.8, 4) is 5.69 Å². The molecule has 0 saturated carbocycles. The van der Waals surface area contributed by atoms with Crippen LogP contribution in [-0.2, 0) is 4.79 Å². The Labute approximate surface area is 130 Å². The smallest absolute Gasteiger partial charge is 0.253 e. The van der Waals surface area contributed by atoms with Crippen molar-refractivity contribution in [3.63, 3.8) is 0 Å². The third kappa shape index (κ3) is 3.50. The van der Waals surface area contributed by atoms with Crippen LogP contribution >= 0.6 is 11.3 Å². The van der Waals surface area contributed by atoms with Gasteiger partial charge < -0.3 is 0 Å². The number of carbonyl (C=O) groups is 1. The van der Waals surface area contributed by atoms with Gasteiger partial charge in [0, 0.05) is 16.5 Å². The zero-order valence-corrected chi connectivity index (χ0v) is 14.3. The lowest BCUT2D eigenvalue weighted by Gasteiger charge is -2.12. The van der Waals surface area contributed by atoms with Crippen LogP contribution in [-0.4, -0.2) is 10.5 Å². The molecule has 0 saturated heterocycles. The van der Waals surface area contributed by atoms with Gasteiger partial charge in [0.2, 0.25) is 0 Å². The van der Waals surface area contributed by atoms with Gasteiger partial charge >= 0.3 is 0 Å². The Morgan fingerprint density at radius 2 is 1.86 bits per heavy atom. The van der Waals surface area contributed by atoms with Crippen molar-refractivity contribution in [3.05, 3.63) is 45.2 Å². The van der Waals surface area contributed by atoms with E-state index in [9.17, 15) is 4.79 Å². The van der Waals surface area contributed by atoms with Gasteiger partial charge in [0.05, 0.1) is 5.69 Å². The first-order chi connectivity index (χ1) is 9.68. The zero-order valence-electron chi connectivity index (χ0n) is 13.5. The molecule has 0 aliphatic heterocycles. The van der Waals surface area contributed by atoms with Crippen LogP contribution in [0.2, 0.25) is 0 Å². The molecule has 0 unspecified atom stereocenters. The van der Waals surface area contributed by atoms with E-state index in [1.165, 1.54) is 11.1 Å². The number of aryl methyl sites for hydroxylation is 3. The van der Waals surface area contributed by atoms with Crippen LogP contribution in [0.25, 0.3) is 5.69 Å². The highest BCUT2D eigenvalue weighted by Crippen LogP contribution is 2.18. The average molecular weight is 302 g/mol. The van der Waals surface area contributed by atoms with E-state index in [0.717, 1.165) is 15.4 Å². The first-order valence-corrected chi connectivity index (χ1v) is 7.86.